The average molecular weight is 490 g/mol. The molecule has 0 unspecified atom stereocenters. The van der Waals surface area contributed by atoms with Crippen molar-refractivity contribution in [3.05, 3.63) is 35.9 Å². The van der Waals surface area contributed by atoms with E-state index < -0.39 is 36.1 Å². The van der Waals surface area contributed by atoms with E-state index in [0.29, 0.717) is 19.4 Å². The number of aliphatic hydroxyl groups excluding tert-OH is 2. The second-order valence-corrected chi connectivity index (χ2v) is 9.64. The van der Waals surface area contributed by atoms with E-state index in [1.54, 1.807) is 0 Å². The van der Waals surface area contributed by atoms with Crippen LogP contribution in [-0.2, 0) is 20.8 Å². The van der Waals surface area contributed by atoms with Crippen LogP contribution < -0.4 is 16.0 Å². The van der Waals surface area contributed by atoms with Crippen LogP contribution in [0.15, 0.2) is 30.3 Å². The van der Waals surface area contributed by atoms with E-state index in [1.165, 1.54) is 13.3 Å². The average Bonchev–Trinajstić information content (AvgIpc) is 2.82. The summed E-state index contributed by atoms with van der Waals surface area (Å²) < 4.78 is 0. The van der Waals surface area contributed by atoms with Crippen molar-refractivity contribution in [2.45, 2.75) is 108 Å². The van der Waals surface area contributed by atoms with Gasteiger partial charge in [0.1, 0.15) is 6.04 Å². The fourth-order valence-corrected chi connectivity index (χ4v) is 4.37. The van der Waals surface area contributed by atoms with Gasteiger partial charge in [0.2, 0.25) is 17.7 Å². The number of carbonyl (C=O) groups excluding carboxylic acids is 3. The minimum absolute atomic E-state index is 0.141. The summed E-state index contributed by atoms with van der Waals surface area (Å²) in [4.78, 5) is 37.8. The third kappa shape index (κ3) is 11.7. The van der Waals surface area contributed by atoms with Crippen molar-refractivity contribution >= 4 is 17.7 Å². The number of amides is 3. The van der Waals surface area contributed by atoms with E-state index in [0.717, 1.165) is 56.9 Å². The molecular formula is C27H43N3O5. The summed E-state index contributed by atoms with van der Waals surface area (Å²) in [6, 6.07) is 7.73. The minimum atomic E-state index is -1.15. The van der Waals surface area contributed by atoms with Crippen LogP contribution in [-0.4, -0.2) is 58.8 Å². The zero-order chi connectivity index (χ0) is 25.5. The second kappa shape index (κ2) is 16.3. The number of rotatable bonds is 3. The third-order valence-corrected chi connectivity index (χ3v) is 6.47. The van der Waals surface area contributed by atoms with Gasteiger partial charge in [0.25, 0.3) is 0 Å². The van der Waals surface area contributed by atoms with Gasteiger partial charge in [-0.1, -0.05) is 75.3 Å². The first-order valence-corrected chi connectivity index (χ1v) is 13.1. The number of hydrogen-bond donors (Lipinski definition) is 5. The zero-order valence-electron chi connectivity index (χ0n) is 21.0. The predicted octanol–water partition coefficient (Wildman–Crippen LogP) is 2.36. The maximum Gasteiger partial charge on any atom is 0.245 e. The van der Waals surface area contributed by atoms with Crippen LogP contribution in [0.25, 0.3) is 0 Å². The molecule has 0 aliphatic carbocycles. The molecule has 1 aliphatic rings. The van der Waals surface area contributed by atoms with E-state index in [1.807, 2.05) is 30.3 Å². The van der Waals surface area contributed by atoms with Gasteiger partial charge in [-0.05, 0) is 31.7 Å². The van der Waals surface area contributed by atoms with Gasteiger partial charge in [-0.15, -0.1) is 0 Å². The Morgan fingerprint density at radius 1 is 0.857 bits per heavy atom. The number of nitrogens with one attached hydrogen (secondary N) is 3. The van der Waals surface area contributed by atoms with Crippen molar-refractivity contribution in [2.75, 3.05) is 6.54 Å². The van der Waals surface area contributed by atoms with Crippen LogP contribution in [0.3, 0.4) is 0 Å². The van der Waals surface area contributed by atoms with E-state index >= 15 is 0 Å². The molecule has 1 heterocycles. The molecule has 35 heavy (non-hydrogen) atoms. The van der Waals surface area contributed by atoms with E-state index in [9.17, 15) is 24.6 Å². The van der Waals surface area contributed by atoms with Crippen molar-refractivity contribution in [1.29, 1.82) is 0 Å². The fraction of sp³-hybridized carbons (Fsp3) is 0.667. The lowest BCUT2D eigenvalue weighted by Gasteiger charge is -2.26. The van der Waals surface area contributed by atoms with E-state index in [-0.39, 0.29) is 12.3 Å². The lowest BCUT2D eigenvalue weighted by atomic mass is 9.98. The molecule has 0 spiro atoms. The van der Waals surface area contributed by atoms with Gasteiger partial charge >= 0.3 is 0 Å². The van der Waals surface area contributed by atoms with Crippen molar-refractivity contribution in [3.8, 4) is 0 Å². The summed E-state index contributed by atoms with van der Waals surface area (Å²) in [5.41, 5.74) is 0.934. The summed E-state index contributed by atoms with van der Waals surface area (Å²) in [5.74, 6) is -1.14. The maximum atomic E-state index is 12.7. The SMILES string of the molecule is C[C@@H](O)[C@@H]1NC(=O)C[C@H](O)[C@H](Cc2ccccc2)NC(=O)CCCCCCCCCCCNC1=O. The normalized spacial score (nSPS) is 25.9. The highest BCUT2D eigenvalue weighted by Crippen LogP contribution is 2.13. The van der Waals surface area contributed by atoms with Gasteiger partial charge in [-0.25, -0.2) is 0 Å². The molecule has 8 nitrogen and oxygen atoms in total. The van der Waals surface area contributed by atoms with Gasteiger partial charge in [-0.3, -0.25) is 14.4 Å². The molecular weight excluding hydrogens is 446 g/mol. The van der Waals surface area contributed by atoms with Crippen LogP contribution >= 0.6 is 0 Å². The number of benzene rings is 1. The Labute approximate surface area is 209 Å². The van der Waals surface area contributed by atoms with Crippen molar-refractivity contribution in [3.63, 3.8) is 0 Å². The molecule has 0 bridgehead atoms. The molecule has 1 aromatic carbocycles. The van der Waals surface area contributed by atoms with Crippen LogP contribution in [0.2, 0.25) is 0 Å². The Hall–Kier alpha value is -2.45. The molecule has 2 rings (SSSR count). The molecule has 1 saturated heterocycles. The molecule has 3 amide bonds. The number of aliphatic hydroxyl groups is 2. The Morgan fingerprint density at radius 2 is 1.46 bits per heavy atom. The summed E-state index contributed by atoms with van der Waals surface area (Å²) in [5, 5.41) is 29.2. The summed E-state index contributed by atoms with van der Waals surface area (Å²) in [6.45, 7) is 1.94. The monoisotopic (exact) mass is 489 g/mol. The zero-order valence-corrected chi connectivity index (χ0v) is 21.0. The highest BCUT2D eigenvalue weighted by molar-refractivity contribution is 5.88. The topological polar surface area (TPSA) is 128 Å². The first-order chi connectivity index (χ1) is 16.9. The maximum absolute atomic E-state index is 12.7. The Morgan fingerprint density at radius 3 is 2.09 bits per heavy atom. The molecule has 196 valence electrons. The van der Waals surface area contributed by atoms with Gasteiger partial charge < -0.3 is 26.2 Å². The minimum Gasteiger partial charge on any atom is -0.391 e. The molecule has 1 aliphatic heterocycles. The Bertz CT molecular complexity index is 771. The molecule has 5 N–H and O–H groups in total. The highest BCUT2D eigenvalue weighted by atomic mass is 16.3. The lowest BCUT2D eigenvalue weighted by Crippen LogP contribution is -2.54. The molecule has 0 saturated carbocycles. The van der Waals surface area contributed by atoms with Gasteiger partial charge in [0, 0.05) is 13.0 Å². The summed E-state index contributed by atoms with van der Waals surface area (Å²) in [6.07, 6.45) is 7.56. The van der Waals surface area contributed by atoms with Crippen molar-refractivity contribution in [1.82, 2.24) is 16.0 Å². The lowest BCUT2D eigenvalue weighted by molar-refractivity contribution is -0.133. The molecule has 8 heteroatoms. The molecule has 0 radical (unpaired) electrons. The Balaban J connectivity index is 2.08. The number of hydrogen-bond acceptors (Lipinski definition) is 5. The quantitative estimate of drug-likeness (QED) is 0.445. The first-order valence-electron chi connectivity index (χ1n) is 13.1. The van der Waals surface area contributed by atoms with Crippen LogP contribution in [0, 0.1) is 0 Å². The fourth-order valence-electron chi connectivity index (χ4n) is 4.37. The third-order valence-electron chi connectivity index (χ3n) is 6.47. The largest absolute Gasteiger partial charge is 0.391 e. The van der Waals surface area contributed by atoms with Gasteiger partial charge in [-0.2, -0.15) is 0 Å². The molecule has 1 aromatic rings. The van der Waals surface area contributed by atoms with E-state index in [4.69, 9.17) is 0 Å². The molecule has 0 aromatic heterocycles. The summed E-state index contributed by atoms with van der Waals surface area (Å²) >= 11 is 0. The van der Waals surface area contributed by atoms with Crippen LogP contribution in [0.1, 0.15) is 83.1 Å². The molecule has 4 atom stereocenters. The second-order valence-electron chi connectivity index (χ2n) is 9.64. The predicted molar refractivity (Wildman–Crippen MR) is 135 cm³/mol. The van der Waals surface area contributed by atoms with Crippen molar-refractivity contribution < 1.29 is 24.6 Å². The number of carbonyl (C=O) groups is 3. The van der Waals surface area contributed by atoms with E-state index in [2.05, 4.69) is 16.0 Å². The Kier molecular flexibility index (Phi) is 13.4. The standard InChI is InChI=1S/C27H43N3O5/c1-20(31)26-27(35)28-17-13-8-6-4-2-3-5-7-12-16-24(33)29-22(23(32)19-25(34)30-26)18-21-14-10-9-11-15-21/h9-11,14-15,20,22-23,26,31-32H,2-8,12-13,16-19H2,1H3,(H,28,35)(H,29,33)(H,30,34)/t20-,22+,23+,26+/m1/s1. The molecule has 1 fully saturated rings. The summed E-state index contributed by atoms with van der Waals surface area (Å²) in [7, 11) is 0. The van der Waals surface area contributed by atoms with Gasteiger partial charge in [0.15, 0.2) is 0 Å². The highest BCUT2D eigenvalue weighted by Gasteiger charge is 2.29. The van der Waals surface area contributed by atoms with Gasteiger partial charge in [0.05, 0.1) is 24.7 Å². The first kappa shape index (κ1) is 28.8. The van der Waals surface area contributed by atoms with Crippen LogP contribution in [0.5, 0.6) is 0 Å². The smallest absolute Gasteiger partial charge is 0.245 e. The van der Waals surface area contributed by atoms with Crippen molar-refractivity contribution in [2.24, 2.45) is 0 Å². The van der Waals surface area contributed by atoms with Crippen LogP contribution in [0.4, 0.5) is 0 Å².